The Morgan fingerprint density at radius 2 is 1.54 bits per heavy atom. The van der Waals surface area contributed by atoms with Gasteiger partial charge in [0.15, 0.2) is 0 Å². The van der Waals surface area contributed by atoms with E-state index in [9.17, 15) is 24.0 Å². The van der Waals surface area contributed by atoms with Crippen LogP contribution in [0.3, 0.4) is 0 Å². The predicted octanol–water partition coefficient (Wildman–Crippen LogP) is -3.05. The summed E-state index contributed by atoms with van der Waals surface area (Å²) in [6.45, 7) is 2.77. The van der Waals surface area contributed by atoms with Crippen LogP contribution in [0.15, 0.2) is 0 Å². The zero-order chi connectivity index (χ0) is 20.4. The van der Waals surface area contributed by atoms with Gasteiger partial charge < -0.3 is 32.5 Å². The summed E-state index contributed by atoms with van der Waals surface area (Å²) in [7, 11) is 0. The molecule has 0 aromatic carbocycles. The molecule has 4 amide bonds. The Morgan fingerprint density at radius 3 is 1.96 bits per heavy atom. The number of nitrogens with two attached hydrogens (primary N) is 2. The molecule has 0 saturated carbocycles. The monoisotopic (exact) mass is 391 g/mol. The zero-order valence-electron chi connectivity index (χ0n) is 14.5. The minimum atomic E-state index is -1.39. The first kappa shape index (κ1) is 23.7. The maximum Gasteiger partial charge on any atom is 0.322 e. The molecule has 12 heteroatoms. The van der Waals surface area contributed by atoms with Crippen LogP contribution in [0.1, 0.15) is 20.3 Å². The van der Waals surface area contributed by atoms with Crippen LogP contribution in [-0.4, -0.2) is 65.1 Å². The lowest BCUT2D eigenvalue weighted by atomic mass is 10.0. The van der Waals surface area contributed by atoms with Crippen LogP contribution in [0.25, 0.3) is 0 Å². The van der Waals surface area contributed by atoms with Crippen molar-refractivity contribution in [1.82, 2.24) is 16.0 Å². The molecule has 8 N–H and O–H groups in total. The third kappa shape index (κ3) is 8.67. The number of thiol groups is 1. The van der Waals surface area contributed by atoms with Crippen molar-refractivity contribution in [2.75, 3.05) is 12.3 Å². The van der Waals surface area contributed by atoms with Crippen molar-refractivity contribution in [3.63, 3.8) is 0 Å². The van der Waals surface area contributed by atoms with Crippen molar-refractivity contribution in [1.29, 1.82) is 0 Å². The fourth-order valence-electron chi connectivity index (χ4n) is 1.73. The van der Waals surface area contributed by atoms with E-state index in [1.807, 2.05) is 5.32 Å². The first-order chi connectivity index (χ1) is 12.0. The molecule has 148 valence electrons. The van der Waals surface area contributed by atoms with Crippen LogP contribution < -0.4 is 27.4 Å². The van der Waals surface area contributed by atoms with Gasteiger partial charge in [-0.05, 0) is 5.92 Å². The predicted molar refractivity (Wildman–Crippen MR) is 95.0 cm³/mol. The number of aliphatic carboxylic acids is 1. The molecule has 11 nitrogen and oxygen atoms in total. The van der Waals surface area contributed by atoms with Crippen molar-refractivity contribution in [2.45, 2.75) is 38.4 Å². The summed E-state index contributed by atoms with van der Waals surface area (Å²) in [6.07, 6.45) is -0.546. The number of hydrogen-bond acceptors (Lipinski definition) is 7. The number of carbonyl (C=O) groups is 5. The van der Waals surface area contributed by atoms with Gasteiger partial charge in [-0.2, -0.15) is 12.6 Å². The van der Waals surface area contributed by atoms with E-state index in [0.717, 1.165) is 0 Å². The molecular formula is C14H25N5O6S. The number of carboxylic acids is 1. The van der Waals surface area contributed by atoms with Gasteiger partial charge in [-0.1, -0.05) is 13.8 Å². The van der Waals surface area contributed by atoms with Gasteiger partial charge >= 0.3 is 5.97 Å². The molecule has 3 unspecified atom stereocenters. The third-order valence-electron chi connectivity index (χ3n) is 3.29. The average Bonchev–Trinajstić information content (AvgIpc) is 2.54. The lowest BCUT2D eigenvalue weighted by Gasteiger charge is -2.23. The van der Waals surface area contributed by atoms with Gasteiger partial charge in [-0.3, -0.25) is 24.0 Å². The van der Waals surface area contributed by atoms with E-state index >= 15 is 0 Å². The number of carbonyl (C=O) groups excluding carboxylic acids is 4. The fraction of sp³-hybridized carbons (Fsp3) is 0.643. The summed E-state index contributed by atoms with van der Waals surface area (Å²) < 4.78 is 0. The zero-order valence-corrected chi connectivity index (χ0v) is 15.4. The molecule has 0 radical (unpaired) electrons. The van der Waals surface area contributed by atoms with Crippen LogP contribution in [0, 0.1) is 5.92 Å². The van der Waals surface area contributed by atoms with Gasteiger partial charge in [0, 0.05) is 5.75 Å². The highest BCUT2D eigenvalue weighted by Gasteiger charge is 2.29. The second kappa shape index (κ2) is 11.3. The van der Waals surface area contributed by atoms with Gasteiger partial charge in [-0.25, -0.2) is 0 Å². The van der Waals surface area contributed by atoms with E-state index in [2.05, 4.69) is 23.3 Å². The molecule has 0 aliphatic heterocycles. The summed E-state index contributed by atoms with van der Waals surface area (Å²) in [5.41, 5.74) is 10.7. The van der Waals surface area contributed by atoms with Crippen LogP contribution in [0.5, 0.6) is 0 Å². The smallest absolute Gasteiger partial charge is 0.322 e. The summed E-state index contributed by atoms with van der Waals surface area (Å²) in [5.74, 6) is -4.70. The average molecular weight is 391 g/mol. The van der Waals surface area contributed by atoms with E-state index in [4.69, 9.17) is 16.6 Å². The molecule has 0 aliphatic rings. The maximum atomic E-state index is 12.3. The highest BCUT2D eigenvalue weighted by atomic mass is 32.1. The first-order valence-electron chi connectivity index (χ1n) is 7.74. The number of nitrogens with one attached hydrogen (secondary N) is 3. The Hall–Kier alpha value is -2.34. The number of hydrogen-bond donors (Lipinski definition) is 7. The summed E-state index contributed by atoms with van der Waals surface area (Å²) in [5, 5.41) is 15.3. The Bertz CT molecular complexity index is 556. The van der Waals surface area contributed by atoms with Gasteiger partial charge in [0.05, 0.1) is 12.5 Å². The molecule has 0 heterocycles. The molecule has 0 fully saturated rings. The van der Waals surface area contributed by atoms with Crippen molar-refractivity contribution >= 4 is 42.2 Å². The molecule has 0 aliphatic carbocycles. The number of primary amides is 1. The molecular weight excluding hydrogens is 366 g/mol. The normalized spacial score (nSPS) is 14.0. The Kier molecular flexibility index (Phi) is 10.3. The van der Waals surface area contributed by atoms with Gasteiger partial charge in [0.1, 0.15) is 18.6 Å². The van der Waals surface area contributed by atoms with Crippen molar-refractivity contribution in [3.05, 3.63) is 0 Å². The van der Waals surface area contributed by atoms with E-state index < -0.39 is 60.7 Å². The fourth-order valence-corrected chi connectivity index (χ4v) is 1.99. The van der Waals surface area contributed by atoms with E-state index in [1.165, 1.54) is 0 Å². The highest BCUT2D eigenvalue weighted by molar-refractivity contribution is 7.80. The first-order valence-corrected chi connectivity index (χ1v) is 8.37. The molecule has 0 aromatic heterocycles. The minimum Gasteiger partial charge on any atom is -0.480 e. The Balaban J connectivity index is 5.01. The van der Waals surface area contributed by atoms with Crippen molar-refractivity contribution in [2.24, 2.45) is 17.4 Å². The molecule has 26 heavy (non-hydrogen) atoms. The molecule has 0 bridgehead atoms. The number of rotatable bonds is 11. The molecule has 0 rings (SSSR count). The second-order valence-electron chi connectivity index (χ2n) is 5.86. The van der Waals surface area contributed by atoms with E-state index in [0.29, 0.717) is 0 Å². The third-order valence-corrected chi connectivity index (χ3v) is 3.65. The summed E-state index contributed by atoms with van der Waals surface area (Å²) in [6, 6.07) is -3.35. The maximum absolute atomic E-state index is 12.3. The summed E-state index contributed by atoms with van der Waals surface area (Å²) in [4.78, 5) is 57.8. The van der Waals surface area contributed by atoms with Crippen LogP contribution in [0.4, 0.5) is 0 Å². The topological polar surface area (TPSA) is 194 Å². The Labute approximate surface area is 156 Å². The van der Waals surface area contributed by atoms with Crippen LogP contribution in [-0.2, 0) is 24.0 Å². The van der Waals surface area contributed by atoms with Gasteiger partial charge in [0.25, 0.3) is 0 Å². The van der Waals surface area contributed by atoms with Crippen molar-refractivity contribution < 1.29 is 29.1 Å². The SMILES string of the molecule is CC(C)C(N)C(=O)NC(CS)C(=O)NC(CC(N)=O)C(=O)NCC(=O)O. The molecule has 0 spiro atoms. The second-order valence-corrected chi connectivity index (χ2v) is 6.22. The lowest BCUT2D eigenvalue weighted by molar-refractivity contribution is -0.138. The van der Waals surface area contributed by atoms with E-state index in [-0.39, 0.29) is 11.7 Å². The number of amides is 4. The lowest BCUT2D eigenvalue weighted by Crippen LogP contribution is -2.57. The van der Waals surface area contributed by atoms with Crippen molar-refractivity contribution in [3.8, 4) is 0 Å². The largest absolute Gasteiger partial charge is 0.480 e. The van der Waals surface area contributed by atoms with Crippen LogP contribution in [0.2, 0.25) is 0 Å². The highest BCUT2D eigenvalue weighted by Crippen LogP contribution is 2.01. The van der Waals surface area contributed by atoms with E-state index in [1.54, 1.807) is 13.8 Å². The summed E-state index contributed by atoms with van der Waals surface area (Å²) >= 11 is 3.98. The van der Waals surface area contributed by atoms with Gasteiger partial charge in [-0.15, -0.1) is 0 Å². The van der Waals surface area contributed by atoms with Gasteiger partial charge in [0.2, 0.25) is 23.6 Å². The molecule has 3 atom stereocenters. The quantitative estimate of drug-likeness (QED) is 0.182. The molecule has 0 aromatic rings. The minimum absolute atomic E-state index is 0.0948. The molecule has 0 saturated heterocycles. The van der Waals surface area contributed by atoms with Crippen LogP contribution >= 0.6 is 12.6 Å². The number of carboxylic acid groups (broad SMARTS) is 1. The standard InChI is InChI=1S/C14H25N5O6S/c1-6(2)11(16)14(25)19-8(5-26)13(24)18-7(3-9(15)20)12(23)17-4-10(21)22/h6-8,11,26H,3-5,16H2,1-2H3,(H2,15,20)(H,17,23)(H,18,24)(H,19,25)(H,21,22). The Morgan fingerprint density at radius 1 is 1.00 bits per heavy atom.